The van der Waals surface area contributed by atoms with Crippen LogP contribution in [0.3, 0.4) is 0 Å². The normalized spacial score (nSPS) is 14.5. The minimum atomic E-state index is 0.363. The molecule has 2 nitrogen and oxygen atoms in total. The van der Waals surface area contributed by atoms with Crippen LogP contribution in [0.15, 0.2) is 22.7 Å². The zero-order valence-corrected chi connectivity index (χ0v) is 14.6. The molecular formula is C16H27BrN2. The Morgan fingerprint density at radius 3 is 2.32 bits per heavy atom. The second-order valence-electron chi connectivity index (χ2n) is 5.81. The van der Waals surface area contributed by atoms with Gasteiger partial charge in [-0.2, -0.15) is 0 Å². The van der Waals surface area contributed by atoms with Gasteiger partial charge in [-0.1, -0.05) is 35.8 Å². The van der Waals surface area contributed by atoms with Gasteiger partial charge < -0.3 is 10.2 Å². The molecule has 3 heteroatoms. The van der Waals surface area contributed by atoms with Gasteiger partial charge >= 0.3 is 0 Å². The largest absolute Gasteiger partial charge is 0.372 e. The molecule has 0 aliphatic rings. The molecule has 19 heavy (non-hydrogen) atoms. The maximum absolute atomic E-state index is 3.69. The van der Waals surface area contributed by atoms with E-state index in [1.165, 1.54) is 22.1 Å². The Kier molecular flexibility index (Phi) is 6.34. The van der Waals surface area contributed by atoms with Crippen LogP contribution in [0.5, 0.6) is 0 Å². The molecule has 108 valence electrons. The molecule has 0 fully saturated rings. The predicted molar refractivity (Wildman–Crippen MR) is 88.9 cm³/mol. The van der Waals surface area contributed by atoms with E-state index < -0.39 is 0 Å². The van der Waals surface area contributed by atoms with Crippen molar-refractivity contribution in [2.24, 2.45) is 5.92 Å². The molecule has 0 heterocycles. The number of nitrogens with zero attached hydrogens (tertiary/aromatic N) is 1. The molecule has 1 N–H and O–H groups in total. The first-order chi connectivity index (χ1) is 8.86. The second kappa shape index (κ2) is 7.30. The summed E-state index contributed by atoms with van der Waals surface area (Å²) in [5, 5.41) is 3.28. The zero-order valence-electron chi connectivity index (χ0n) is 13.0. The Balaban J connectivity index is 2.88. The lowest BCUT2D eigenvalue weighted by molar-refractivity contribution is 0.504. The summed E-state index contributed by atoms with van der Waals surface area (Å²) >= 11 is 3.69. The van der Waals surface area contributed by atoms with Crippen LogP contribution in [0.25, 0.3) is 0 Å². The fraction of sp³-hybridized carbons (Fsp3) is 0.625. The summed E-state index contributed by atoms with van der Waals surface area (Å²) in [5.74, 6) is 0.726. The van der Waals surface area contributed by atoms with Gasteiger partial charge in [-0.3, -0.25) is 0 Å². The van der Waals surface area contributed by atoms with E-state index in [4.69, 9.17) is 0 Å². The van der Waals surface area contributed by atoms with Gasteiger partial charge in [-0.25, -0.2) is 0 Å². The molecule has 1 aromatic rings. The molecule has 0 spiro atoms. The van der Waals surface area contributed by atoms with Gasteiger partial charge in [-0.15, -0.1) is 0 Å². The van der Waals surface area contributed by atoms with Gasteiger partial charge in [0.25, 0.3) is 0 Å². The van der Waals surface area contributed by atoms with E-state index in [1.807, 2.05) is 7.05 Å². The molecular weight excluding hydrogens is 300 g/mol. The molecule has 0 saturated heterocycles. The molecule has 0 saturated carbocycles. The summed E-state index contributed by atoms with van der Waals surface area (Å²) in [6.07, 6.45) is 1.21. The lowest BCUT2D eigenvalue weighted by Gasteiger charge is -2.29. The zero-order chi connectivity index (χ0) is 14.6. The highest BCUT2D eigenvalue weighted by Crippen LogP contribution is 2.29. The Hall–Kier alpha value is -0.540. The summed E-state index contributed by atoms with van der Waals surface area (Å²) < 4.78 is 1.18. The third-order valence-electron chi connectivity index (χ3n) is 3.76. The van der Waals surface area contributed by atoms with Crippen molar-refractivity contribution in [2.45, 2.75) is 46.2 Å². The number of halogens is 1. The van der Waals surface area contributed by atoms with Crippen LogP contribution < -0.4 is 10.2 Å². The standard InChI is InChI=1S/C16H27BrN2/c1-11(2)9-12(3)19(6)14-7-8-15(13(4)18-5)16(17)10-14/h7-8,10-13,18H,9H2,1-6H3. The van der Waals surface area contributed by atoms with Crippen molar-refractivity contribution < 1.29 is 0 Å². The van der Waals surface area contributed by atoms with Gasteiger partial charge in [0.1, 0.15) is 0 Å². The van der Waals surface area contributed by atoms with Crippen LogP contribution in [0.1, 0.15) is 45.7 Å². The first-order valence-corrected chi connectivity index (χ1v) is 7.85. The van der Waals surface area contributed by atoms with Gasteiger partial charge in [0.2, 0.25) is 0 Å². The average Bonchev–Trinajstić information content (AvgIpc) is 2.36. The van der Waals surface area contributed by atoms with Crippen molar-refractivity contribution in [3.63, 3.8) is 0 Å². The van der Waals surface area contributed by atoms with Crippen LogP contribution in [-0.2, 0) is 0 Å². The van der Waals surface area contributed by atoms with Gasteiger partial charge in [0.05, 0.1) is 0 Å². The fourth-order valence-electron chi connectivity index (χ4n) is 2.34. The molecule has 0 amide bonds. The summed E-state index contributed by atoms with van der Waals surface area (Å²) in [6.45, 7) is 9.01. The van der Waals surface area contributed by atoms with Gasteiger partial charge in [0.15, 0.2) is 0 Å². The summed E-state index contributed by atoms with van der Waals surface area (Å²) in [7, 11) is 4.16. The van der Waals surface area contributed by atoms with E-state index in [1.54, 1.807) is 0 Å². The van der Waals surface area contributed by atoms with E-state index in [-0.39, 0.29) is 0 Å². The minimum absolute atomic E-state index is 0.363. The molecule has 0 aromatic heterocycles. The van der Waals surface area contributed by atoms with Crippen LogP contribution in [0.2, 0.25) is 0 Å². The summed E-state index contributed by atoms with van der Waals surface area (Å²) in [6, 6.07) is 7.56. The van der Waals surface area contributed by atoms with Crippen molar-refractivity contribution in [3.05, 3.63) is 28.2 Å². The molecule has 1 aromatic carbocycles. The van der Waals surface area contributed by atoms with E-state index in [9.17, 15) is 0 Å². The summed E-state index contributed by atoms with van der Waals surface area (Å²) in [5.41, 5.74) is 2.57. The van der Waals surface area contributed by atoms with Crippen LogP contribution >= 0.6 is 15.9 Å². The molecule has 1 rings (SSSR count). The molecule has 2 atom stereocenters. The van der Waals surface area contributed by atoms with E-state index in [0.29, 0.717) is 12.1 Å². The lowest BCUT2D eigenvalue weighted by atomic mass is 10.0. The Morgan fingerprint density at radius 1 is 1.21 bits per heavy atom. The van der Waals surface area contributed by atoms with Gasteiger partial charge in [0, 0.05) is 29.3 Å². The lowest BCUT2D eigenvalue weighted by Crippen LogP contribution is -2.30. The topological polar surface area (TPSA) is 15.3 Å². The number of hydrogen-bond donors (Lipinski definition) is 1. The third kappa shape index (κ3) is 4.50. The SMILES string of the molecule is CNC(C)c1ccc(N(C)C(C)CC(C)C)cc1Br. The number of nitrogens with one attached hydrogen (secondary N) is 1. The monoisotopic (exact) mass is 326 g/mol. The van der Waals surface area contributed by atoms with Crippen LogP contribution in [0.4, 0.5) is 5.69 Å². The van der Waals surface area contributed by atoms with E-state index in [0.717, 1.165) is 5.92 Å². The molecule has 0 aliphatic heterocycles. The number of hydrogen-bond acceptors (Lipinski definition) is 2. The van der Waals surface area contributed by atoms with Gasteiger partial charge in [-0.05, 0) is 50.9 Å². The highest BCUT2D eigenvalue weighted by atomic mass is 79.9. The Bertz CT molecular complexity index is 404. The van der Waals surface area contributed by atoms with E-state index in [2.05, 4.69) is 79.1 Å². The van der Waals surface area contributed by atoms with Crippen molar-refractivity contribution in [1.82, 2.24) is 5.32 Å². The first-order valence-electron chi connectivity index (χ1n) is 7.06. The third-order valence-corrected chi connectivity index (χ3v) is 4.45. The van der Waals surface area contributed by atoms with Crippen molar-refractivity contribution in [3.8, 4) is 0 Å². The molecule has 0 aliphatic carbocycles. The van der Waals surface area contributed by atoms with Crippen molar-refractivity contribution in [2.75, 3.05) is 19.0 Å². The number of benzene rings is 1. The fourth-order valence-corrected chi connectivity index (χ4v) is 3.05. The van der Waals surface area contributed by atoms with Crippen LogP contribution in [-0.4, -0.2) is 20.1 Å². The minimum Gasteiger partial charge on any atom is -0.372 e. The first kappa shape index (κ1) is 16.5. The Labute approximate surface area is 126 Å². The van der Waals surface area contributed by atoms with Crippen LogP contribution in [0, 0.1) is 5.92 Å². The molecule has 0 radical (unpaired) electrons. The Morgan fingerprint density at radius 2 is 1.84 bits per heavy atom. The summed E-state index contributed by atoms with van der Waals surface area (Å²) in [4.78, 5) is 2.36. The van der Waals surface area contributed by atoms with E-state index >= 15 is 0 Å². The average molecular weight is 327 g/mol. The highest BCUT2D eigenvalue weighted by molar-refractivity contribution is 9.10. The quantitative estimate of drug-likeness (QED) is 0.821. The number of anilines is 1. The van der Waals surface area contributed by atoms with Crippen molar-refractivity contribution >= 4 is 21.6 Å². The number of rotatable bonds is 6. The highest BCUT2D eigenvalue weighted by Gasteiger charge is 2.14. The maximum Gasteiger partial charge on any atom is 0.0377 e. The molecule has 0 bridgehead atoms. The van der Waals surface area contributed by atoms with Crippen molar-refractivity contribution in [1.29, 1.82) is 0 Å². The predicted octanol–water partition coefficient (Wildman–Crippen LogP) is 4.60. The molecule has 2 unspecified atom stereocenters. The maximum atomic E-state index is 3.69. The second-order valence-corrected chi connectivity index (χ2v) is 6.66. The smallest absolute Gasteiger partial charge is 0.0377 e.